The van der Waals surface area contributed by atoms with E-state index in [1.165, 1.54) is 6.07 Å². The number of nitrogens with zero attached hydrogens (tertiary/aromatic N) is 1. The quantitative estimate of drug-likeness (QED) is 0.905. The Balaban J connectivity index is 1.83. The average molecular weight is 301 g/mol. The van der Waals surface area contributed by atoms with Gasteiger partial charge in [0.05, 0.1) is 18.2 Å². The predicted molar refractivity (Wildman–Crippen MR) is 79.6 cm³/mol. The van der Waals surface area contributed by atoms with Crippen molar-refractivity contribution in [3.63, 3.8) is 0 Å². The number of halogens is 2. The highest BCUT2D eigenvalue weighted by atomic mass is 35.5. The molecule has 1 aromatic carbocycles. The summed E-state index contributed by atoms with van der Waals surface area (Å²) in [6.07, 6.45) is 0. The third-order valence-corrected chi connectivity index (χ3v) is 4.04. The third-order valence-electron chi connectivity index (χ3n) is 3.74. The summed E-state index contributed by atoms with van der Waals surface area (Å²) in [4.78, 5) is 2.42. The van der Waals surface area contributed by atoms with Crippen molar-refractivity contribution in [3.05, 3.63) is 34.6 Å². The van der Waals surface area contributed by atoms with Gasteiger partial charge in [0.25, 0.3) is 0 Å². The van der Waals surface area contributed by atoms with Crippen LogP contribution in [0.2, 0.25) is 5.02 Å². The first-order valence-corrected chi connectivity index (χ1v) is 7.34. The first-order chi connectivity index (χ1) is 9.49. The van der Waals surface area contributed by atoms with Gasteiger partial charge in [0.2, 0.25) is 0 Å². The third kappa shape index (κ3) is 4.16. The van der Waals surface area contributed by atoms with Crippen LogP contribution in [0.4, 0.5) is 4.39 Å². The summed E-state index contributed by atoms with van der Waals surface area (Å²) in [5.41, 5.74) is 0.971. The Morgan fingerprint density at radius 1 is 1.35 bits per heavy atom. The molecular formula is C15H22ClFN2O. The zero-order valence-corrected chi connectivity index (χ0v) is 12.8. The number of morpholine rings is 1. The average Bonchev–Trinajstić information content (AvgIpc) is 2.44. The van der Waals surface area contributed by atoms with Crippen LogP contribution in [0.5, 0.6) is 0 Å². The Morgan fingerprint density at radius 3 is 2.70 bits per heavy atom. The molecule has 2 rings (SSSR count). The zero-order valence-electron chi connectivity index (χ0n) is 12.1. The highest BCUT2D eigenvalue weighted by molar-refractivity contribution is 6.30. The first kappa shape index (κ1) is 15.7. The van der Waals surface area contributed by atoms with Gasteiger partial charge < -0.3 is 10.1 Å². The van der Waals surface area contributed by atoms with Crippen molar-refractivity contribution in [1.29, 1.82) is 0 Å². The van der Waals surface area contributed by atoms with Crippen LogP contribution in [0, 0.1) is 5.82 Å². The van der Waals surface area contributed by atoms with Gasteiger partial charge in [-0.25, -0.2) is 4.39 Å². The minimum absolute atomic E-state index is 0.0642. The van der Waals surface area contributed by atoms with Crippen LogP contribution in [0.15, 0.2) is 18.2 Å². The molecule has 1 fully saturated rings. The fourth-order valence-electron chi connectivity index (χ4n) is 2.44. The standard InChI is InChI=1S/C15H22ClFN2O/c1-15(2,19-5-7-20-8-6-19)11-18-10-12-3-4-13(16)14(17)9-12/h3-4,9,18H,5-8,10-11H2,1-2H3. The number of ether oxygens (including phenoxy) is 1. The molecule has 112 valence electrons. The number of hydrogen-bond donors (Lipinski definition) is 1. The Morgan fingerprint density at radius 2 is 2.05 bits per heavy atom. The second-order valence-electron chi connectivity index (χ2n) is 5.76. The Kier molecular flexibility index (Phi) is 5.38. The van der Waals surface area contributed by atoms with Crippen LogP contribution in [-0.2, 0) is 11.3 Å². The molecule has 0 spiro atoms. The van der Waals surface area contributed by atoms with E-state index in [1.807, 2.05) is 6.07 Å². The van der Waals surface area contributed by atoms with Gasteiger partial charge in [0.1, 0.15) is 5.82 Å². The second kappa shape index (κ2) is 6.85. The molecule has 1 heterocycles. The van der Waals surface area contributed by atoms with Crippen molar-refractivity contribution in [1.82, 2.24) is 10.2 Å². The normalized spacial score (nSPS) is 17.4. The van der Waals surface area contributed by atoms with Crippen LogP contribution >= 0.6 is 11.6 Å². The van der Waals surface area contributed by atoms with Crippen LogP contribution in [0.25, 0.3) is 0 Å². The predicted octanol–water partition coefficient (Wildman–Crippen LogP) is 2.68. The van der Waals surface area contributed by atoms with Crippen molar-refractivity contribution in [2.45, 2.75) is 25.9 Å². The van der Waals surface area contributed by atoms with Crippen LogP contribution < -0.4 is 5.32 Å². The molecule has 0 aliphatic carbocycles. The van der Waals surface area contributed by atoms with Crippen LogP contribution in [-0.4, -0.2) is 43.3 Å². The molecule has 20 heavy (non-hydrogen) atoms. The van der Waals surface area contributed by atoms with E-state index in [0.29, 0.717) is 6.54 Å². The summed E-state index contributed by atoms with van der Waals surface area (Å²) in [7, 11) is 0. The first-order valence-electron chi connectivity index (χ1n) is 6.96. The van der Waals surface area contributed by atoms with E-state index in [2.05, 4.69) is 24.1 Å². The van der Waals surface area contributed by atoms with Gasteiger partial charge in [-0.2, -0.15) is 0 Å². The summed E-state index contributed by atoms with van der Waals surface area (Å²) in [5.74, 6) is -0.363. The van der Waals surface area contributed by atoms with Gasteiger partial charge in [-0.3, -0.25) is 4.90 Å². The fraction of sp³-hybridized carbons (Fsp3) is 0.600. The lowest BCUT2D eigenvalue weighted by Gasteiger charge is -2.41. The van der Waals surface area contributed by atoms with Crippen molar-refractivity contribution in [2.75, 3.05) is 32.8 Å². The summed E-state index contributed by atoms with van der Waals surface area (Å²) in [5, 5.41) is 3.56. The van der Waals surface area contributed by atoms with Crippen molar-refractivity contribution < 1.29 is 9.13 Å². The molecule has 0 unspecified atom stereocenters. The van der Waals surface area contributed by atoms with E-state index in [1.54, 1.807) is 6.07 Å². The number of rotatable bonds is 5. The number of benzene rings is 1. The summed E-state index contributed by atoms with van der Waals surface area (Å²) < 4.78 is 18.7. The fourth-order valence-corrected chi connectivity index (χ4v) is 2.56. The largest absolute Gasteiger partial charge is 0.379 e. The number of nitrogens with one attached hydrogen (secondary N) is 1. The summed E-state index contributed by atoms with van der Waals surface area (Å²) in [6.45, 7) is 9.44. The van der Waals surface area contributed by atoms with Crippen LogP contribution in [0.3, 0.4) is 0 Å². The van der Waals surface area contributed by atoms with E-state index in [-0.39, 0.29) is 16.4 Å². The SMILES string of the molecule is CC(C)(CNCc1ccc(Cl)c(F)c1)N1CCOCC1. The Labute approximate surface area is 125 Å². The van der Waals surface area contributed by atoms with Gasteiger partial charge in [-0.1, -0.05) is 17.7 Å². The Hall–Kier alpha value is -0.680. The van der Waals surface area contributed by atoms with Crippen molar-refractivity contribution in [2.24, 2.45) is 0 Å². The lowest BCUT2D eigenvalue weighted by Crippen LogP contribution is -2.54. The molecule has 0 radical (unpaired) electrons. The summed E-state index contributed by atoms with van der Waals surface area (Å²) in [6, 6.07) is 4.93. The molecule has 0 bridgehead atoms. The van der Waals surface area contributed by atoms with Crippen molar-refractivity contribution in [3.8, 4) is 0 Å². The van der Waals surface area contributed by atoms with Gasteiger partial charge in [-0.05, 0) is 31.5 Å². The maximum absolute atomic E-state index is 13.3. The lowest BCUT2D eigenvalue weighted by molar-refractivity contribution is -0.00967. The highest BCUT2D eigenvalue weighted by Gasteiger charge is 2.27. The van der Waals surface area contributed by atoms with E-state index >= 15 is 0 Å². The zero-order chi connectivity index (χ0) is 14.6. The monoisotopic (exact) mass is 300 g/mol. The molecule has 1 aliphatic rings. The smallest absolute Gasteiger partial charge is 0.142 e. The Bertz CT molecular complexity index is 447. The second-order valence-corrected chi connectivity index (χ2v) is 6.17. The number of hydrogen-bond acceptors (Lipinski definition) is 3. The molecule has 5 heteroatoms. The lowest BCUT2D eigenvalue weighted by atomic mass is 10.0. The van der Waals surface area contributed by atoms with Gasteiger partial charge >= 0.3 is 0 Å². The van der Waals surface area contributed by atoms with Crippen molar-refractivity contribution >= 4 is 11.6 Å². The molecule has 1 aliphatic heterocycles. The van der Waals surface area contributed by atoms with E-state index in [0.717, 1.165) is 38.4 Å². The van der Waals surface area contributed by atoms with Gasteiger partial charge in [0.15, 0.2) is 0 Å². The topological polar surface area (TPSA) is 24.5 Å². The maximum atomic E-state index is 13.3. The molecule has 1 saturated heterocycles. The molecule has 0 aromatic heterocycles. The van der Waals surface area contributed by atoms with E-state index in [9.17, 15) is 4.39 Å². The molecule has 0 atom stereocenters. The maximum Gasteiger partial charge on any atom is 0.142 e. The molecule has 0 amide bonds. The van der Waals surface area contributed by atoms with Gasteiger partial charge in [0, 0.05) is 31.7 Å². The molecule has 1 aromatic rings. The molecular weight excluding hydrogens is 279 g/mol. The highest BCUT2D eigenvalue weighted by Crippen LogP contribution is 2.17. The minimum Gasteiger partial charge on any atom is -0.379 e. The van der Waals surface area contributed by atoms with E-state index < -0.39 is 0 Å². The molecule has 3 nitrogen and oxygen atoms in total. The van der Waals surface area contributed by atoms with Gasteiger partial charge in [-0.15, -0.1) is 0 Å². The molecule has 0 saturated carbocycles. The van der Waals surface area contributed by atoms with Crippen LogP contribution in [0.1, 0.15) is 19.4 Å². The molecule has 1 N–H and O–H groups in total. The summed E-state index contributed by atoms with van der Waals surface area (Å²) >= 11 is 5.67. The van der Waals surface area contributed by atoms with E-state index in [4.69, 9.17) is 16.3 Å². The minimum atomic E-state index is -0.363.